The van der Waals surface area contributed by atoms with Crippen molar-refractivity contribution in [2.45, 2.75) is 25.6 Å². The lowest BCUT2D eigenvalue weighted by molar-refractivity contribution is -0.384. The molecular formula is C15H18N2O5. The Morgan fingerprint density at radius 1 is 1.27 bits per heavy atom. The van der Waals surface area contributed by atoms with E-state index in [0.29, 0.717) is 17.9 Å². The molecule has 0 spiro atoms. The van der Waals surface area contributed by atoms with E-state index in [1.165, 1.54) is 24.3 Å². The van der Waals surface area contributed by atoms with Crippen molar-refractivity contribution < 1.29 is 19.6 Å². The molecule has 1 heterocycles. The monoisotopic (exact) mass is 306 g/mol. The highest BCUT2D eigenvalue weighted by Gasteiger charge is 2.21. The molecule has 0 aliphatic carbocycles. The van der Waals surface area contributed by atoms with Crippen LogP contribution in [0.1, 0.15) is 23.2 Å². The lowest BCUT2D eigenvalue weighted by Gasteiger charge is -2.22. The Labute approximate surface area is 127 Å². The van der Waals surface area contributed by atoms with Crippen LogP contribution >= 0.6 is 0 Å². The zero-order valence-corrected chi connectivity index (χ0v) is 12.1. The van der Waals surface area contributed by atoms with Crippen LogP contribution in [0.4, 0.5) is 5.69 Å². The van der Waals surface area contributed by atoms with E-state index < -0.39 is 17.1 Å². The normalized spacial score (nSPS) is 13.8. The number of aliphatic hydroxyl groups excluding tert-OH is 2. The van der Waals surface area contributed by atoms with E-state index in [1.54, 1.807) is 0 Å². The van der Waals surface area contributed by atoms with Gasteiger partial charge in [-0.15, -0.1) is 0 Å². The van der Waals surface area contributed by atoms with Crippen LogP contribution in [0.25, 0.3) is 0 Å². The summed E-state index contributed by atoms with van der Waals surface area (Å²) in [6.07, 6.45) is -0.984. The second-order valence-corrected chi connectivity index (χ2v) is 4.98. The molecule has 2 atom stereocenters. The van der Waals surface area contributed by atoms with Crippen LogP contribution in [-0.4, -0.2) is 27.8 Å². The first kappa shape index (κ1) is 16.2. The third-order valence-electron chi connectivity index (χ3n) is 3.36. The van der Waals surface area contributed by atoms with Crippen molar-refractivity contribution in [3.05, 3.63) is 63.6 Å². The number of nitrogens with one attached hydrogen (secondary N) is 1. The number of non-ortho nitro benzene ring substituents is 1. The minimum absolute atomic E-state index is 0.0458. The summed E-state index contributed by atoms with van der Waals surface area (Å²) in [5.74, 6) is 1.49. The third-order valence-corrected chi connectivity index (χ3v) is 3.36. The minimum Gasteiger partial charge on any atom is -0.465 e. The van der Waals surface area contributed by atoms with Crippen LogP contribution in [0.2, 0.25) is 0 Å². The number of benzene rings is 1. The molecule has 0 radical (unpaired) electrons. The van der Waals surface area contributed by atoms with Gasteiger partial charge in [-0.2, -0.15) is 0 Å². The average Bonchev–Trinajstić information content (AvgIpc) is 2.93. The van der Waals surface area contributed by atoms with Gasteiger partial charge in [0.25, 0.3) is 5.69 Å². The number of nitro groups is 1. The molecule has 22 heavy (non-hydrogen) atoms. The smallest absolute Gasteiger partial charge is 0.269 e. The van der Waals surface area contributed by atoms with E-state index in [-0.39, 0.29) is 12.3 Å². The van der Waals surface area contributed by atoms with Crippen LogP contribution in [-0.2, 0) is 6.54 Å². The van der Waals surface area contributed by atoms with Gasteiger partial charge in [0.2, 0.25) is 0 Å². The summed E-state index contributed by atoms with van der Waals surface area (Å²) in [7, 11) is 0. The molecule has 0 aliphatic rings. The second-order valence-electron chi connectivity index (χ2n) is 4.98. The molecule has 2 rings (SSSR count). The fraction of sp³-hybridized carbons (Fsp3) is 0.333. The van der Waals surface area contributed by atoms with E-state index >= 15 is 0 Å². The Bertz CT molecular complexity index is 623. The van der Waals surface area contributed by atoms with Crippen molar-refractivity contribution in [2.75, 3.05) is 6.61 Å². The maximum Gasteiger partial charge on any atom is 0.269 e. The van der Waals surface area contributed by atoms with Crippen molar-refractivity contribution in [3.63, 3.8) is 0 Å². The summed E-state index contributed by atoms with van der Waals surface area (Å²) in [6.45, 7) is 1.92. The summed E-state index contributed by atoms with van der Waals surface area (Å²) < 4.78 is 5.41. The predicted molar refractivity (Wildman–Crippen MR) is 79.2 cm³/mol. The van der Waals surface area contributed by atoms with Gasteiger partial charge in [-0.3, -0.25) is 10.1 Å². The fourth-order valence-electron chi connectivity index (χ4n) is 2.11. The van der Waals surface area contributed by atoms with Crippen LogP contribution in [0.15, 0.2) is 40.8 Å². The Hall–Kier alpha value is -2.22. The Morgan fingerprint density at radius 2 is 1.95 bits per heavy atom. The first-order valence-corrected chi connectivity index (χ1v) is 6.83. The summed E-state index contributed by atoms with van der Waals surface area (Å²) in [6, 6.07) is 8.64. The standard InChI is InChI=1S/C15H18N2O5/c1-10-2-7-13(22-10)8-16-14(9-18)15(19)11-3-5-12(6-4-11)17(20)21/h2-7,14-16,18-19H,8-9H2,1H3. The molecule has 0 saturated heterocycles. The lowest BCUT2D eigenvalue weighted by atomic mass is 10.0. The number of rotatable bonds is 7. The maximum absolute atomic E-state index is 10.6. The van der Waals surface area contributed by atoms with Gasteiger partial charge in [0.15, 0.2) is 0 Å². The third kappa shape index (κ3) is 3.91. The molecule has 1 aromatic heterocycles. The molecule has 1 aromatic carbocycles. The van der Waals surface area contributed by atoms with E-state index in [9.17, 15) is 20.3 Å². The number of nitro benzene ring substituents is 1. The summed E-state index contributed by atoms with van der Waals surface area (Å²) in [5.41, 5.74) is 0.447. The molecule has 0 saturated carbocycles. The number of hydrogen-bond acceptors (Lipinski definition) is 6. The molecule has 0 aliphatic heterocycles. The van der Waals surface area contributed by atoms with E-state index in [2.05, 4.69) is 5.32 Å². The number of aliphatic hydroxyl groups is 2. The molecule has 7 heteroatoms. The van der Waals surface area contributed by atoms with Crippen LogP contribution < -0.4 is 5.32 Å². The van der Waals surface area contributed by atoms with Gasteiger partial charge in [-0.1, -0.05) is 0 Å². The molecule has 0 amide bonds. The van der Waals surface area contributed by atoms with Crippen molar-refractivity contribution in [3.8, 4) is 0 Å². The first-order chi connectivity index (χ1) is 10.5. The predicted octanol–water partition coefficient (Wildman–Crippen LogP) is 1.68. The van der Waals surface area contributed by atoms with E-state index in [1.807, 2.05) is 19.1 Å². The SMILES string of the molecule is Cc1ccc(CNC(CO)C(O)c2ccc([N+](=O)[O-])cc2)o1. The van der Waals surface area contributed by atoms with Gasteiger partial charge >= 0.3 is 0 Å². The van der Waals surface area contributed by atoms with Crippen molar-refractivity contribution in [1.29, 1.82) is 0 Å². The number of furan rings is 1. The molecule has 0 bridgehead atoms. The average molecular weight is 306 g/mol. The van der Waals surface area contributed by atoms with Gasteiger partial charge in [-0.25, -0.2) is 0 Å². The van der Waals surface area contributed by atoms with Gasteiger partial charge in [0.1, 0.15) is 11.5 Å². The lowest BCUT2D eigenvalue weighted by Crippen LogP contribution is -2.37. The van der Waals surface area contributed by atoms with Crippen molar-refractivity contribution in [1.82, 2.24) is 5.32 Å². The molecule has 2 unspecified atom stereocenters. The van der Waals surface area contributed by atoms with Crippen LogP contribution in [0.5, 0.6) is 0 Å². The zero-order chi connectivity index (χ0) is 16.1. The van der Waals surface area contributed by atoms with Gasteiger partial charge in [0, 0.05) is 12.1 Å². The topological polar surface area (TPSA) is 109 Å². The maximum atomic E-state index is 10.6. The largest absolute Gasteiger partial charge is 0.465 e. The van der Waals surface area contributed by atoms with Gasteiger partial charge in [-0.05, 0) is 36.8 Å². The highest BCUT2D eigenvalue weighted by atomic mass is 16.6. The Kier molecular flexibility index (Phi) is 5.26. The number of hydrogen-bond donors (Lipinski definition) is 3. The summed E-state index contributed by atoms with van der Waals surface area (Å²) >= 11 is 0. The Morgan fingerprint density at radius 3 is 2.45 bits per heavy atom. The van der Waals surface area contributed by atoms with Crippen LogP contribution in [0, 0.1) is 17.0 Å². The first-order valence-electron chi connectivity index (χ1n) is 6.83. The molecular weight excluding hydrogens is 288 g/mol. The Balaban J connectivity index is 2.01. The second kappa shape index (κ2) is 7.17. The molecule has 118 valence electrons. The van der Waals surface area contributed by atoms with Gasteiger partial charge < -0.3 is 19.9 Å². The van der Waals surface area contributed by atoms with E-state index in [4.69, 9.17) is 4.42 Å². The summed E-state index contributed by atoms with van der Waals surface area (Å²) in [5, 5.41) is 33.3. The van der Waals surface area contributed by atoms with Crippen molar-refractivity contribution >= 4 is 5.69 Å². The molecule has 7 nitrogen and oxygen atoms in total. The van der Waals surface area contributed by atoms with Gasteiger partial charge in [0.05, 0.1) is 30.2 Å². The van der Waals surface area contributed by atoms with Crippen molar-refractivity contribution in [2.24, 2.45) is 0 Å². The molecule has 2 aromatic rings. The fourth-order valence-corrected chi connectivity index (χ4v) is 2.11. The number of nitrogens with zero attached hydrogens (tertiary/aromatic N) is 1. The number of aryl methyl sites for hydroxylation is 1. The quantitative estimate of drug-likeness (QED) is 0.530. The minimum atomic E-state index is -0.984. The molecule has 0 fully saturated rings. The summed E-state index contributed by atoms with van der Waals surface area (Å²) in [4.78, 5) is 10.1. The highest BCUT2D eigenvalue weighted by molar-refractivity contribution is 5.34. The highest BCUT2D eigenvalue weighted by Crippen LogP contribution is 2.20. The zero-order valence-electron chi connectivity index (χ0n) is 12.1. The van der Waals surface area contributed by atoms with E-state index in [0.717, 1.165) is 5.76 Å². The van der Waals surface area contributed by atoms with Crippen LogP contribution in [0.3, 0.4) is 0 Å². The molecule has 3 N–H and O–H groups in total.